The highest BCUT2D eigenvalue weighted by molar-refractivity contribution is 6.28. The van der Waals surface area contributed by atoms with Crippen molar-refractivity contribution in [2.45, 2.75) is 25.7 Å². The molecule has 382 valence electrons. The summed E-state index contributed by atoms with van der Waals surface area (Å²) in [7, 11) is 0. The molecule has 0 saturated carbocycles. The molecule has 0 atom stereocenters. The van der Waals surface area contributed by atoms with Gasteiger partial charge in [-0.05, 0) is 11.6 Å². The Hall–Kier alpha value is -4.90. The second-order valence-electron chi connectivity index (χ2n) is 14.1. The van der Waals surface area contributed by atoms with Gasteiger partial charge in [-0.25, -0.2) is 9.69 Å². The third-order valence-electron chi connectivity index (χ3n) is 8.96. The topological polar surface area (TPSA) is 284 Å². The van der Waals surface area contributed by atoms with Crippen LogP contribution in [0.1, 0.15) is 24.8 Å². The number of hydrogen-bond acceptors (Lipinski definition) is 21. The van der Waals surface area contributed by atoms with Gasteiger partial charge in [-0.1, -0.05) is 6.07 Å². The molecule has 25 heteroatoms. The first-order chi connectivity index (χ1) is 33.2. The van der Waals surface area contributed by atoms with Crippen LogP contribution in [0.15, 0.2) is 30.4 Å². The van der Waals surface area contributed by atoms with E-state index in [9.17, 15) is 38.9 Å². The lowest BCUT2D eigenvalue weighted by atomic mass is 10.1. The third kappa shape index (κ3) is 26.0. The van der Waals surface area contributed by atoms with E-state index in [4.69, 9.17) is 61.7 Å². The summed E-state index contributed by atoms with van der Waals surface area (Å²) >= 11 is 0. The summed E-state index contributed by atoms with van der Waals surface area (Å²) in [5.74, 6) is -3.48. The highest BCUT2D eigenvalue weighted by atomic mass is 16.7. The number of carbonyl (C=O) groups is 6. The van der Waals surface area contributed by atoms with Gasteiger partial charge in [0.15, 0.2) is 0 Å². The number of imide groups is 2. The van der Waals surface area contributed by atoms with E-state index in [1.165, 1.54) is 18.2 Å². The number of hydrogen-bond donors (Lipinski definition) is 1. The smallest absolute Gasteiger partial charge is 0.335 e. The van der Waals surface area contributed by atoms with Crippen LogP contribution in [-0.2, 0) is 96.9 Å². The number of rotatable bonds is 44. The summed E-state index contributed by atoms with van der Waals surface area (Å²) in [5.41, 5.74) is -0.261. The number of anilines is 1. The second kappa shape index (κ2) is 37.1. The number of nitro benzene ring substituents is 1. The predicted molar refractivity (Wildman–Crippen MR) is 233 cm³/mol. The van der Waals surface area contributed by atoms with E-state index in [0.29, 0.717) is 154 Å². The van der Waals surface area contributed by atoms with Crippen molar-refractivity contribution in [3.63, 3.8) is 0 Å². The number of amides is 5. The van der Waals surface area contributed by atoms with E-state index in [-0.39, 0.29) is 63.6 Å². The quantitative estimate of drug-likeness (QED) is 0.0386. The van der Waals surface area contributed by atoms with Crippen molar-refractivity contribution in [2.24, 2.45) is 0 Å². The first-order valence-corrected chi connectivity index (χ1v) is 22.3. The van der Waals surface area contributed by atoms with E-state index in [2.05, 4.69) is 5.32 Å². The van der Waals surface area contributed by atoms with Gasteiger partial charge in [-0.3, -0.25) is 34.1 Å². The first kappa shape index (κ1) is 57.4. The molecule has 2 heterocycles. The molecule has 2 aliphatic rings. The molecular formula is C43H64N4O21. The number of nitro groups is 1. The molecule has 1 saturated heterocycles. The van der Waals surface area contributed by atoms with Gasteiger partial charge >= 0.3 is 5.97 Å². The van der Waals surface area contributed by atoms with Gasteiger partial charge in [-0.15, -0.1) is 5.06 Å². The lowest BCUT2D eigenvalue weighted by molar-refractivity contribution is -0.384. The summed E-state index contributed by atoms with van der Waals surface area (Å²) < 4.78 is 65.3. The molecule has 2 aliphatic heterocycles. The lowest BCUT2D eigenvalue weighted by Gasteiger charge is -2.14. The normalized spacial score (nSPS) is 13.6. The number of benzene rings is 1. The van der Waals surface area contributed by atoms with Crippen molar-refractivity contribution in [3.8, 4) is 0 Å². The SMILES string of the molecule is O=C(Cc1ccc(N2C(=O)C=CC2=O)c([N+](=O)[O-])c1)NCCOCCOCCOCCOCCOCCOCCOCCOCCOCCOCCOCCOCCC(=O)ON1C(=O)CCC1=O. The molecule has 0 spiro atoms. The molecule has 25 nitrogen and oxygen atoms in total. The van der Waals surface area contributed by atoms with Crippen LogP contribution < -0.4 is 10.2 Å². The third-order valence-corrected chi connectivity index (χ3v) is 8.96. The molecule has 3 rings (SSSR count). The Balaban J connectivity index is 0.934. The van der Waals surface area contributed by atoms with Crippen LogP contribution >= 0.6 is 0 Å². The van der Waals surface area contributed by atoms with E-state index in [1.807, 2.05) is 0 Å². The van der Waals surface area contributed by atoms with Crippen molar-refractivity contribution < 1.29 is 95.4 Å². The fraction of sp³-hybridized carbons (Fsp3) is 0.674. The zero-order valence-corrected chi connectivity index (χ0v) is 38.3. The second-order valence-corrected chi connectivity index (χ2v) is 14.1. The molecule has 1 N–H and O–H groups in total. The summed E-state index contributed by atoms with van der Waals surface area (Å²) in [6.07, 6.45) is 1.94. The standard InChI is InChI=1S/C43H64N4O21/c48-38(34-35-1-2-36(37(33-35)47(54)55)45-39(49)3-4-40(45)50)44-8-10-57-12-14-59-16-18-61-20-22-63-24-26-65-28-30-67-32-31-66-29-27-64-25-23-62-21-19-60-17-15-58-13-11-56-9-7-43(53)68-46-41(51)5-6-42(46)52/h1-4,33H,5-32,34H2,(H,44,48). The number of nitrogens with one attached hydrogen (secondary N) is 1. The van der Waals surface area contributed by atoms with Crippen molar-refractivity contribution in [3.05, 3.63) is 46.0 Å². The van der Waals surface area contributed by atoms with E-state index in [0.717, 1.165) is 12.2 Å². The minimum absolute atomic E-state index is 0.0467. The Morgan fingerprint density at radius 3 is 1.25 bits per heavy atom. The highest BCUT2D eigenvalue weighted by Crippen LogP contribution is 2.31. The van der Waals surface area contributed by atoms with Crippen LogP contribution in [-0.4, -0.2) is 211 Å². The summed E-state index contributed by atoms with van der Waals surface area (Å²) in [4.78, 5) is 87.0. The molecule has 68 heavy (non-hydrogen) atoms. The Labute approximate surface area is 393 Å². The summed E-state index contributed by atoms with van der Waals surface area (Å²) in [6.45, 7) is 9.34. The van der Waals surface area contributed by atoms with Crippen molar-refractivity contribution >= 4 is 46.9 Å². The Morgan fingerprint density at radius 2 is 0.882 bits per heavy atom. The van der Waals surface area contributed by atoms with E-state index in [1.54, 1.807) is 0 Å². The van der Waals surface area contributed by atoms with Crippen LogP contribution in [0.2, 0.25) is 0 Å². The maximum absolute atomic E-state index is 12.3. The zero-order chi connectivity index (χ0) is 48.9. The fourth-order valence-electron chi connectivity index (χ4n) is 5.64. The number of carbonyl (C=O) groups excluding carboxylic acids is 6. The Bertz CT molecular complexity index is 1670. The summed E-state index contributed by atoms with van der Waals surface area (Å²) in [6, 6.07) is 3.90. The number of hydroxylamine groups is 2. The van der Waals surface area contributed by atoms with Crippen LogP contribution in [0.3, 0.4) is 0 Å². The molecular weight excluding hydrogens is 908 g/mol. The van der Waals surface area contributed by atoms with E-state index < -0.39 is 40.2 Å². The van der Waals surface area contributed by atoms with Gasteiger partial charge in [0.1, 0.15) is 5.69 Å². The van der Waals surface area contributed by atoms with Gasteiger partial charge < -0.3 is 67.0 Å². The highest BCUT2D eigenvalue weighted by Gasteiger charge is 2.33. The first-order valence-electron chi connectivity index (χ1n) is 22.3. The minimum atomic E-state index is -0.712. The molecule has 1 aromatic rings. The molecule has 5 amide bonds. The van der Waals surface area contributed by atoms with Gasteiger partial charge in [-0.2, -0.15) is 0 Å². The van der Waals surface area contributed by atoms with Crippen LogP contribution in [0.25, 0.3) is 0 Å². The number of nitrogens with zero attached hydrogens (tertiary/aromatic N) is 3. The molecule has 0 unspecified atom stereocenters. The van der Waals surface area contributed by atoms with Gasteiger partial charge in [0, 0.05) is 37.6 Å². The van der Waals surface area contributed by atoms with Crippen molar-refractivity contribution in [1.29, 1.82) is 0 Å². The van der Waals surface area contributed by atoms with Crippen LogP contribution in [0, 0.1) is 10.1 Å². The monoisotopic (exact) mass is 972 g/mol. The summed E-state index contributed by atoms with van der Waals surface area (Å²) in [5, 5.41) is 14.7. The average molecular weight is 973 g/mol. The molecule has 1 fully saturated rings. The Morgan fingerprint density at radius 1 is 0.529 bits per heavy atom. The minimum Gasteiger partial charge on any atom is -0.378 e. The lowest BCUT2D eigenvalue weighted by Crippen LogP contribution is -2.32. The Kier molecular flexibility index (Phi) is 31.3. The van der Waals surface area contributed by atoms with Crippen molar-refractivity contribution in [2.75, 3.05) is 170 Å². The van der Waals surface area contributed by atoms with Gasteiger partial charge in [0.05, 0.1) is 176 Å². The molecule has 0 aromatic heterocycles. The fourth-order valence-corrected chi connectivity index (χ4v) is 5.64. The molecule has 1 aromatic carbocycles. The van der Waals surface area contributed by atoms with Crippen LogP contribution in [0.5, 0.6) is 0 Å². The number of ether oxygens (including phenoxy) is 12. The maximum atomic E-state index is 12.3. The zero-order valence-electron chi connectivity index (χ0n) is 38.3. The van der Waals surface area contributed by atoms with Crippen molar-refractivity contribution in [1.82, 2.24) is 10.4 Å². The molecule has 0 radical (unpaired) electrons. The van der Waals surface area contributed by atoms with Gasteiger partial charge in [0.25, 0.3) is 29.3 Å². The molecule has 0 bridgehead atoms. The molecule has 0 aliphatic carbocycles. The van der Waals surface area contributed by atoms with Crippen LogP contribution in [0.4, 0.5) is 11.4 Å². The predicted octanol–water partition coefficient (Wildman–Crippen LogP) is -0.121. The average Bonchev–Trinajstić information content (AvgIpc) is 3.83. The maximum Gasteiger partial charge on any atom is 0.335 e. The van der Waals surface area contributed by atoms with E-state index >= 15 is 0 Å². The largest absolute Gasteiger partial charge is 0.378 e. The van der Waals surface area contributed by atoms with Gasteiger partial charge in [0.2, 0.25) is 5.91 Å².